The lowest BCUT2D eigenvalue weighted by molar-refractivity contribution is 0.432. The predicted molar refractivity (Wildman–Crippen MR) is 82.9 cm³/mol. The summed E-state index contributed by atoms with van der Waals surface area (Å²) in [5.74, 6) is 0.931. The lowest BCUT2D eigenvalue weighted by Crippen LogP contribution is -1.82. The molecule has 0 saturated heterocycles. The second kappa shape index (κ2) is 5.56. The van der Waals surface area contributed by atoms with Crippen LogP contribution in [0.1, 0.15) is 0 Å². The third kappa shape index (κ3) is 2.73. The zero-order chi connectivity index (χ0) is 14.1. The number of rotatable bonds is 2. The van der Waals surface area contributed by atoms with Gasteiger partial charge in [0.25, 0.3) is 5.89 Å². The van der Waals surface area contributed by atoms with Crippen molar-refractivity contribution in [2.75, 3.05) is 0 Å². The van der Waals surface area contributed by atoms with Crippen LogP contribution in [0.25, 0.3) is 22.8 Å². The van der Waals surface area contributed by atoms with Gasteiger partial charge in [0.15, 0.2) is 0 Å². The summed E-state index contributed by atoms with van der Waals surface area (Å²) < 4.78 is 6.25. The summed E-state index contributed by atoms with van der Waals surface area (Å²) in [6.07, 6.45) is 0. The summed E-state index contributed by atoms with van der Waals surface area (Å²) in [6.45, 7) is 0. The van der Waals surface area contributed by atoms with Crippen molar-refractivity contribution in [3.63, 3.8) is 0 Å². The Balaban J connectivity index is 1.97. The minimum atomic E-state index is 0.457. The minimum Gasteiger partial charge on any atom is -0.334 e. The molecule has 0 bridgehead atoms. The Bertz CT molecular complexity index is 756. The highest BCUT2D eigenvalue weighted by atomic mass is 79.9. The third-order valence-electron chi connectivity index (χ3n) is 2.69. The highest BCUT2D eigenvalue weighted by Gasteiger charge is 2.11. The fourth-order valence-electron chi connectivity index (χ4n) is 1.69. The van der Waals surface area contributed by atoms with Crippen molar-refractivity contribution < 1.29 is 4.52 Å². The number of hydrogen-bond donors (Lipinski definition) is 0. The van der Waals surface area contributed by atoms with Crippen molar-refractivity contribution in [1.29, 1.82) is 0 Å². The molecule has 20 heavy (non-hydrogen) atoms. The number of benzene rings is 2. The maximum atomic E-state index is 5.98. The molecule has 0 spiro atoms. The van der Waals surface area contributed by atoms with E-state index in [9.17, 15) is 0 Å². The van der Waals surface area contributed by atoms with Crippen LogP contribution in [-0.2, 0) is 0 Å². The quantitative estimate of drug-likeness (QED) is 0.600. The van der Waals surface area contributed by atoms with E-state index in [1.165, 1.54) is 0 Å². The van der Waals surface area contributed by atoms with E-state index in [1.54, 1.807) is 18.2 Å². The summed E-state index contributed by atoms with van der Waals surface area (Å²) in [7, 11) is 0. The standard InChI is InChI=1S/C14H7BrCl2N2O/c15-10-4-1-8(2-5-10)14-18-13(19-20-14)9-3-6-11(16)12(17)7-9/h1-7H. The maximum absolute atomic E-state index is 5.98. The van der Waals surface area contributed by atoms with Crippen molar-refractivity contribution >= 4 is 39.1 Å². The van der Waals surface area contributed by atoms with E-state index in [4.69, 9.17) is 27.7 Å². The van der Waals surface area contributed by atoms with E-state index < -0.39 is 0 Å². The van der Waals surface area contributed by atoms with Crippen LogP contribution in [0, 0.1) is 0 Å². The first kappa shape index (κ1) is 13.6. The van der Waals surface area contributed by atoms with E-state index >= 15 is 0 Å². The molecule has 0 aliphatic rings. The van der Waals surface area contributed by atoms with Gasteiger partial charge in [-0.05, 0) is 42.5 Å². The average molecular weight is 370 g/mol. The first-order chi connectivity index (χ1) is 9.63. The van der Waals surface area contributed by atoms with Gasteiger partial charge in [-0.2, -0.15) is 4.98 Å². The average Bonchev–Trinajstić information content (AvgIpc) is 2.92. The smallest absolute Gasteiger partial charge is 0.258 e. The SMILES string of the molecule is Clc1ccc(-c2noc(-c3ccc(Br)cc3)n2)cc1Cl. The van der Waals surface area contributed by atoms with E-state index in [0.717, 1.165) is 15.6 Å². The summed E-state index contributed by atoms with van der Waals surface area (Å²) in [5.41, 5.74) is 1.61. The zero-order valence-electron chi connectivity index (χ0n) is 9.98. The van der Waals surface area contributed by atoms with Gasteiger partial charge in [0, 0.05) is 15.6 Å². The van der Waals surface area contributed by atoms with Gasteiger partial charge >= 0.3 is 0 Å². The largest absolute Gasteiger partial charge is 0.334 e. The van der Waals surface area contributed by atoms with Crippen molar-refractivity contribution in [1.82, 2.24) is 10.1 Å². The van der Waals surface area contributed by atoms with Crippen LogP contribution in [0.2, 0.25) is 10.0 Å². The summed E-state index contributed by atoms with van der Waals surface area (Å²) >= 11 is 15.2. The summed E-state index contributed by atoms with van der Waals surface area (Å²) in [4.78, 5) is 4.36. The molecule has 1 heterocycles. The molecular formula is C14H7BrCl2N2O. The van der Waals surface area contributed by atoms with Crippen molar-refractivity contribution in [2.45, 2.75) is 0 Å². The molecule has 6 heteroatoms. The highest BCUT2D eigenvalue weighted by molar-refractivity contribution is 9.10. The Morgan fingerprint density at radius 1 is 0.900 bits per heavy atom. The summed E-state index contributed by atoms with van der Waals surface area (Å²) in [6, 6.07) is 12.8. The van der Waals surface area contributed by atoms with Crippen molar-refractivity contribution in [3.05, 3.63) is 57.0 Å². The highest BCUT2D eigenvalue weighted by Crippen LogP contribution is 2.28. The Morgan fingerprint density at radius 2 is 1.60 bits per heavy atom. The number of nitrogens with zero attached hydrogens (tertiary/aromatic N) is 2. The van der Waals surface area contributed by atoms with E-state index in [1.807, 2.05) is 24.3 Å². The molecule has 1 aromatic heterocycles. The van der Waals surface area contributed by atoms with Gasteiger partial charge in [0.2, 0.25) is 5.82 Å². The van der Waals surface area contributed by atoms with Crippen molar-refractivity contribution in [2.24, 2.45) is 0 Å². The van der Waals surface area contributed by atoms with Gasteiger partial charge in [0.05, 0.1) is 10.0 Å². The second-order valence-electron chi connectivity index (χ2n) is 4.06. The Labute approximate surface area is 133 Å². The molecule has 0 aliphatic heterocycles. The van der Waals surface area contributed by atoms with Crippen LogP contribution in [0.15, 0.2) is 51.5 Å². The fraction of sp³-hybridized carbons (Fsp3) is 0. The van der Waals surface area contributed by atoms with Crippen LogP contribution >= 0.6 is 39.1 Å². The topological polar surface area (TPSA) is 38.9 Å². The van der Waals surface area contributed by atoms with E-state index in [-0.39, 0.29) is 0 Å². The third-order valence-corrected chi connectivity index (χ3v) is 3.96. The first-order valence-electron chi connectivity index (χ1n) is 5.68. The molecule has 0 aliphatic carbocycles. The van der Waals surface area contributed by atoms with Gasteiger partial charge in [-0.1, -0.05) is 44.3 Å². The maximum Gasteiger partial charge on any atom is 0.258 e. The van der Waals surface area contributed by atoms with Gasteiger partial charge < -0.3 is 4.52 Å². The molecule has 0 atom stereocenters. The minimum absolute atomic E-state index is 0.457. The molecule has 0 amide bonds. The molecule has 100 valence electrons. The molecule has 0 fully saturated rings. The molecular weight excluding hydrogens is 363 g/mol. The molecule has 0 unspecified atom stereocenters. The molecule has 2 aromatic carbocycles. The normalized spacial score (nSPS) is 10.8. The zero-order valence-corrected chi connectivity index (χ0v) is 13.1. The van der Waals surface area contributed by atoms with Crippen molar-refractivity contribution in [3.8, 4) is 22.8 Å². The summed E-state index contributed by atoms with van der Waals surface area (Å²) in [5, 5.41) is 4.91. The van der Waals surface area contributed by atoms with Crippen LogP contribution < -0.4 is 0 Å². The lowest BCUT2D eigenvalue weighted by atomic mass is 10.2. The molecule has 0 radical (unpaired) electrons. The molecule has 3 nitrogen and oxygen atoms in total. The van der Waals surface area contributed by atoms with Crippen LogP contribution in [0.3, 0.4) is 0 Å². The monoisotopic (exact) mass is 368 g/mol. The van der Waals surface area contributed by atoms with Gasteiger partial charge in [-0.25, -0.2) is 0 Å². The number of halogens is 3. The van der Waals surface area contributed by atoms with Crippen LogP contribution in [0.5, 0.6) is 0 Å². The first-order valence-corrected chi connectivity index (χ1v) is 7.23. The van der Waals surface area contributed by atoms with Gasteiger partial charge in [-0.15, -0.1) is 0 Å². The van der Waals surface area contributed by atoms with E-state index in [0.29, 0.717) is 21.8 Å². The molecule has 0 N–H and O–H groups in total. The Kier molecular flexibility index (Phi) is 3.78. The van der Waals surface area contributed by atoms with Gasteiger partial charge in [0.1, 0.15) is 0 Å². The lowest BCUT2D eigenvalue weighted by Gasteiger charge is -1.97. The second-order valence-corrected chi connectivity index (χ2v) is 5.79. The molecule has 3 rings (SSSR count). The number of aromatic nitrogens is 2. The molecule has 3 aromatic rings. The van der Waals surface area contributed by atoms with Gasteiger partial charge in [-0.3, -0.25) is 0 Å². The van der Waals surface area contributed by atoms with Crippen LogP contribution in [-0.4, -0.2) is 10.1 Å². The number of hydrogen-bond acceptors (Lipinski definition) is 3. The van der Waals surface area contributed by atoms with E-state index in [2.05, 4.69) is 26.1 Å². The molecule has 0 saturated carbocycles. The Morgan fingerprint density at radius 3 is 2.30 bits per heavy atom. The fourth-order valence-corrected chi connectivity index (χ4v) is 2.25. The Hall–Kier alpha value is -1.36. The predicted octanol–water partition coefficient (Wildman–Crippen LogP) is 5.47. The van der Waals surface area contributed by atoms with Crippen LogP contribution in [0.4, 0.5) is 0 Å².